The van der Waals surface area contributed by atoms with E-state index in [0.29, 0.717) is 11.6 Å². The zero-order valence-corrected chi connectivity index (χ0v) is 18.0. The summed E-state index contributed by atoms with van der Waals surface area (Å²) in [7, 11) is 0. The number of rotatable bonds is 5. The fourth-order valence-corrected chi connectivity index (χ4v) is 3.67. The van der Waals surface area contributed by atoms with Gasteiger partial charge in [-0.25, -0.2) is 4.79 Å². The number of anilines is 2. The Morgan fingerprint density at radius 3 is 2.47 bits per heavy atom. The Bertz CT molecular complexity index is 1080. The monoisotopic (exact) mass is 458 g/mol. The van der Waals surface area contributed by atoms with Crippen LogP contribution in [0.2, 0.25) is 0 Å². The number of benzene rings is 2. The standard InChI is InChI=1S/C21H22N4O6S/c1-12-6-8-24(9-7-12)17-4-3-14(25(30)31)11-15(17)19(27)23-21(32)22-13-2-5-18(26)16(10-13)20(28)29/h2-5,10-12,26H,6-9H2,1H3,(H,28,29)(H2,22,23,27,32). The van der Waals surface area contributed by atoms with E-state index in [1.807, 2.05) is 4.90 Å². The largest absolute Gasteiger partial charge is 0.507 e. The van der Waals surface area contributed by atoms with E-state index in [2.05, 4.69) is 17.6 Å². The lowest BCUT2D eigenvalue weighted by Gasteiger charge is -2.33. The Morgan fingerprint density at radius 2 is 1.84 bits per heavy atom. The molecule has 0 radical (unpaired) electrons. The molecule has 1 amide bonds. The number of carbonyl (C=O) groups excluding carboxylic acids is 1. The molecule has 1 aliphatic heterocycles. The summed E-state index contributed by atoms with van der Waals surface area (Å²) < 4.78 is 0. The number of carboxylic acids is 1. The van der Waals surface area contributed by atoms with Gasteiger partial charge in [0.05, 0.1) is 16.2 Å². The molecule has 0 bridgehead atoms. The molecule has 0 unspecified atom stereocenters. The van der Waals surface area contributed by atoms with Crippen molar-refractivity contribution >= 4 is 46.3 Å². The van der Waals surface area contributed by atoms with Gasteiger partial charge in [-0.05, 0) is 55.2 Å². The number of nitro groups is 1. The molecule has 0 spiro atoms. The van der Waals surface area contributed by atoms with Gasteiger partial charge in [-0.15, -0.1) is 0 Å². The number of amides is 1. The second-order valence-electron chi connectivity index (χ2n) is 7.57. The van der Waals surface area contributed by atoms with Crippen LogP contribution in [0.1, 0.15) is 40.5 Å². The first-order valence-electron chi connectivity index (χ1n) is 9.87. The maximum absolute atomic E-state index is 13.0. The average molecular weight is 458 g/mol. The number of nitro benzene ring substituents is 1. The number of aromatic carboxylic acids is 1. The van der Waals surface area contributed by atoms with Crippen molar-refractivity contribution in [1.82, 2.24) is 5.32 Å². The van der Waals surface area contributed by atoms with Crippen molar-refractivity contribution in [1.29, 1.82) is 0 Å². The van der Waals surface area contributed by atoms with Crippen molar-refractivity contribution in [3.63, 3.8) is 0 Å². The van der Waals surface area contributed by atoms with Crippen LogP contribution in [0.15, 0.2) is 36.4 Å². The summed E-state index contributed by atoms with van der Waals surface area (Å²) >= 11 is 5.15. The van der Waals surface area contributed by atoms with E-state index >= 15 is 0 Å². The number of thiocarbonyl (C=S) groups is 1. The molecule has 2 aromatic carbocycles. The molecule has 1 saturated heterocycles. The Balaban J connectivity index is 1.80. The fourth-order valence-electron chi connectivity index (χ4n) is 3.46. The van der Waals surface area contributed by atoms with E-state index in [1.54, 1.807) is 6.07 Å². The molecule has 11 heteroatoms. The summed E-state index contributed by atoms with van der Waals surface area (Å²) in [5.41, 5.74) is 0.405. The maximum Gasteiger partial charge on any atom is 0.339 e. The van der Waals surface area contributed by atoms with E-state index in [9.17, 15) is 24.8 Å². The molecule has 10 nitrogen and oxygen atoms in total. The number of non-ortho nitro benzene ring substituents is 1. The normalized spacial score (nSPS) is 14.0. The molecular formula is C21H22N4O6S. The van der Waals surface area contributed by atoms with Gasteiger partial charge in [0.1, 0.15) is 11.3 Å². The van der Waals surface area contributed by atoms with Gasteiger partial charge in [0.15, 0.2) is 5.11 Å². The highest BCUT2D eigenvalue weighted by atomic mass is 32.1. The van der Waals surface area contributed by atoms with Crippen LogP contribution in [0.3, 0.4) is 0 Å². The van der Waals surface area contributed by atoms with E-state index in [4.69, 9.17) is 17.3 Å². The summed E-state index contributed by atoms with van der Waals surface area (Å²) in [4.78, 5) is 36.8. The third-order valence-electron chi connectivity index (χ3n) is 5.27. The fraction of sp³-hybridized carbons (Fsp3) is 0.286. The van der Waals surface area contributed by atoms with E-state index in [1.165, 1.54) is 30.3 Å². The predicted molar refractivity (Wildman–Crippen MR) is 122 cm³/mol. The number of piperidine rings is 1. The highest BCUT2D eigenvalue weighted by Gasteiger charge is 2.24. The average Bonchev–Trinajstić information content (AvgIpc) is 2.75. The van der Waals surface area contributed by atoms with Crippen LogP contribution in [-0.4, -0.2) is 45.2 Å². The minimum absolute atomic E-state index is 0.120. The minimum Gasteiger partial charge on any atom is -0.507 e. The molecule has 4 N–H and O–H groups in total. The van der Waals surface area contributed by atoms with Crippen LogP contribution in [0.25, 0.3) is 0 Å². The number of aromatic hydroxyl groups is 1. The minimum atomic E-state index is -1.32. The highest BCUT2D eigenvalue weighted by Crippen LogP contribution is 2.29. The van der Waals surface area contributed by atoms with Crippen molar-refractivity contribution in [2.45, 2.75) is 19.8 Å². The summed E-state index contributed by atoms with van der Waals surface area (Å²) in [5, 5.41) is 35.0. The van der Waals surface area contributed by atoms with Crippen LogP contribution in [-0.2, 0) is 0 Å². The quantitative estimate of drug-likeness (QED) is 0.229. The number of phenols is 1. The lowest BCUT2D eigenvalue weighted by Crippen LogP contribution is -2.37. The molecule has 2 aromatic rings. The molecule has 1 fully saturated rings. The molecular weight excluding hydrogens is 436 g/mol. The highest BCUT2D eigenvalue weighted by molar-refractivity contribution is 7.80. The molecule has 168 valence electrons. The number of hydrogen-bond acceptors (Lipinski definition) is 7. The van der Waals surface area contributed by atoms with Gasteiger partial charge >= 0.3 is 5.97 Å². The first kappa shape index (κ1) is 22.9. The summed E-state index contributed by atoms with van der Waals surface area (Å²) in [5.74, 6) is -1.79. The lowest BCUT2D eigenvalue weighted by atomic mass is 9.98. The smallest absolute Gasteiger partial charge is 0.339 e. The molecule has 0 atom stereocenters. The molecule has 0 aliphatic carbocycles. The van der Waals surface area contributed by atoms with Gasteiger partial charge in [-0.3, -0.25) is 20.2 Å². The van der Waals surface area contributed by atoms with E-state index < -0.39 is 22.5 Å². The molecule has 1 aliphatic rings. The van der Waals surface area contributed by atoms with E-state index in [-0.39, 0.29) is 27.6 Å². The van der Waals surface area contributed by atoms with Crippen LogP contribution in [0.5, 0.6) is 5.75 Å². The SMILES string of the molecule is CC1CCN(c2ccc([N+](=O)[O-])cc2C(=O)NC(=S)Nc2ccc(O)c(C(=O)O)c2)CC1. The Kier molecular flexibility index (Phi) is 6.89. The first-order chi connectivity index (χ1) is 15.2. The predicted octanol–water partition coefficient (Wildman–Crippen LogP) is 3.36. The van der Waals surface area contributed by atoms with Gasteiger partial charge in [-0.2, -0.15) is 0 Å². The zero-order valence-electron chi connectivity index (χ0n) is 17.2. The van der Waals surface area contributed by atoms with Crippen LogP contribution in [0.4, 0.5) is 17.1 Å². The summed E-state index contributed by atoms with van der Waals surface area (Å²) in [6.45, 7) is 3.62. The Labute approximate surface area is 189 Å². The second-order valence-corrected chi connectivity index (χ2v) is 7.98. The van der Waals surface area contributed by atoms with E-state index in [0.717, 1.165) is 25.9 Å². The molecule has 3 rings (SSSR count). The molecule has 32 heavy (non-hydrogen) atoms. The van der Waals surface area contributed by atoms with Crippen molar-refractivity contribution in [3.8, 4) is 5.75 Å². The zero-order chi connectivity index (χ0) is 23.4. The van der Waals surface area contributed by atoms with Crippen LogP contribution < -0.4 is 15.5 Å². The van der Waals surface area contributed by atoms with Crippen molar-refractivity contribution < 1.29 is 24.7 Å². The third-order valence-corrected chi connectivity index (χ3v) is 5.48. The molecule has 0 aromatic heterocycles. The molecule has 0 saturated carbocycles. The number of nitrogens with one attached hydrogen (secondary N) is 2. The van der Waals surface area contributed by atoms with Crippen molar-refractivity contribution in [2.24, 2.45) is 5.92 Å². The van der Waals surface area contributed by atoms with Gasteiger partial charge in [-0.1, -0.05) is 6.92 Å². The number of carbonyl (C=O) groups is 2. The number of hydrogen-bond donors (Lipinski definition) is 4. The summed E-state index contributed by atoms with van der Waals surface area (Å²) in [6.07, 6.45) is 1.90. The Hall–Kier alpha value is -3.73. The van der Waals surface area contributed by atoms with Gasteiger partial charge < -0.3 is 20.4 Å². The second kappa shape index (κ2) is 9.60. The number of nitrogens with zero attached hydrogens (tertiary/aromatic N) is 2. The summed E-state index contributed by atoms with van der Waals surface area (Å²) in [6, 6.07) is 7.90. The molecule has 1 heterocycles. The van der Waals surface area contributed by atoms with Gasteiger partial charge in [0, 0.05) is 30.9 Å². The van der Waals surface area contributed by atoms with Crippen LogP contribution in [0, 0.1) is 16.0 Å². The first-order valence-corrected chi connectivity index (χ1v) is 10.3. The lowest BCUT2D eigenvalue weighted by molar-refractivity contribution is -0.384. The Morgan fingerprint density at radius 1 is 1.16 bits per heavy atom. The van der Waals surface area contributed by atoms with Gasteiger partial charge in [0.25, 0.3) is 11.6 Å². The number of carboxylic acid groups (broad SMARTS) is 1. The third kappa shape index (κ3) is 5.30. The van der Waals surface area contributed by atoms with Crippen molar-refractivity contribution in [3.05, 3.63) is 57.6 Å². The topological polar surface area (TPSA) is 145 Å². The maximum atomic E-state index is 13.0. The van der Waals surface area contributed by atoms with Crippen LogP contribution >= 0.6 is 12.2 Å². The van der Waals surface area contributed by atoms with Gasteiger partial charge in [0.2, 0.25) is 0 Å². The van der Waals surface area contributed by atoms with Crippen molar-refractivity contribution in [2.75, 3.05) is 23.3 Å².